The number of benzene rings is 2. The Kier molecular flexibility index (Phi) is 4.03. The van der Waals surface area contributed by atoms with Crippen molar-refractivity contribution >= 4 is 24.0 Å². The second-order valence-corrected chi connectivity index (χ2v) is 6.64. The van der Waals surface area contributed by atoms with Crippen LogP contribution in [0, 0.1) is 11.6 Å². The maximum Gasteiger partial charge on any atom is 0.123 e. The molecule has 0 aliphatic carbocycles. The molecule has 0 saturated carbocycles. The average molecular weight is 299 g/mol. The van der Waals surface area contributed by atoms with Crippen LogP contribution in [0.2, 0.25) is 0 Å². The van der Waals surface area contributed by atoms with Gasteiger partial charge >= 0.3 is 0 Å². The molecular formula is C17H12F2NP. The summed E-state index contributed by atoms with van der Waals surface area (Å²) < 4.78 is 26.3. The van der Waals surface area contributed by atoms with Crippen LogP contribution < -0.4 is 16.0 Å². The molecule has 0 bridgehead atoms. The van der Waals surface area contributed by atoms with E-state index in [2.05, 4.69) is 4.98 Å². The molecule has 21 heavy (non-hydrogen) atoms. The van der Waals surface area contributed by atoms with E-state index >= 15 is 0 Å². The van der Waals surface area contributed by atoms with E-state index in [4.69, 9.17) is 0 Å². The van der Waals surface area contributed by atoms with Crippen molar-refractivity contribution in [1.29, 1.82) is 0 Å². The fraction of sp³-hybridized carbons (Fsp3) is 0. The normalized spacial score (nSPS) is 10.8. The maximum absolute atomic E-state index is 13.1. The van der Waals surface area contributed by atoms with Gasteiger partial charge < -0.3 is 0 Å². The van der Waals surface area contributed by atoms with E-state index in [0.29, 0.717) is 0 Å². The topological polar surface area (TPSA) is 12.9 Å². The average Bonchev–Trinajstić information content (AvgIpc) is 2.52. The number of halogens is 2. The molecule has 0 radical (unpaired) electrons. The van der Waals surface area contributed by atoms with Gasteiger partial charge in [-0.05, 0) is 47.0 Å². The predicted octanol–water partition coefficient (Wildman–Crippen LogP) is 3.12. The number of aromatic nitrogens is 1. The first-order valence-electron chi connectivity index (χ1n) is 6.46. The summed E-state index contributed by atoms with van der Waals surface area (Å²) in [5.74, 6) is -0.539. The number of rotatable bonds is 3. The van der Waals surface area contributed by atoms with Crippen molar-refractivity contribution in [2.75, 3.05) is 0 Å². The third-order valence-electron chi connectivity index (χ3n) is 3.05. The van der Waals surface area contributed by atoms with E-state index in [1.807, 2.05) is 18.2 Å². The summed E-state index contributed by atoms with van der Waals surface area (Å²) in [5.41, 5.74) is 0.908. The van der Waals surface area contributed by atoms with Crippen LogP contribution in [0.5, 0.6) is 0 Å². The van der Waals surface area contributed by atoms with E-state index in [0.717, 1.165) is 16.0 Å². The van der Waals surface area contributed by atoms with Gasteiger partial charge in [0.25, 0.3) is 0 Å². The summed E-state index contributed by atoms with van der Waals surface area (Å²) >= 11 is 0. The van der Waals surface area contributed by atoms with E-state index < -0.39 is 7.92 Å². The second-order valence-electron chi connectivity index (χ2n) is 4.48. The van der Waals surface area contributed by atoms with Crippen molar-refractivity contribution < 1.29 is 8.78 Å². The van der Waals surface area contributed by atoms with Crippen molar-refractivity contribution in [2.24, 2.45) is 0 Å². The molecule has 0 fully saturated rings. The number of hydrogen-bond acceptors (Lipinski definition) is 1. The van der Waals surface area contributed by atoms with Crippen LogP contribution in [0.25, 0.3) is 0 Å². The molecule has 0 aliphatic rings. The minimum absolute atomic E-state index is 0.270. The highest BCUT2D eigenvalue weighted by Gasteiger charge is 2.17. The first-order valence-corrected chi connectivity index (χ1v) is 7.80. The van der Waals surface area contributed by atoms with E-state index in [1.165, 1.54) is 24.3 Å². The van der Waals surface area contributed by atoms with Gasteiger partial charge in [0, 0.05) is 14.1 Å². The van der Waals surface area contributed by atoms with Gasteiger partial charge in [-0.1, -0.05) is 30.3 Å². The maximum atomic E-state index is 13.1. The Morgan fingerprint density at radius 1 is 0.667 bits per heavy atom. The van der Waals surface area contributed by atoms with Gasteiger partial charge in [-0.25, -0.2) is 8.78 Å². The zero-order valence-electron chi connectivity index (χ0n) is 11.1. The van der Waals surface area contributed by atoms with Gasteiger partial charge in [-0.2, -0.15) is 0 Å². The highest BCUT2D eigenvalue weighted by atomic mass is 31.1. The van der Waals surface area contributed by atoms with Crippen molar-refractivity contribution in [3.8, 4) is 0 Å². The second kappa shape index (κ2) is 6.11. The standard InChI is InChI=1S/C17H12F2NP/c18-13-4-8-15(9-5-13)21(17-3-1-2-12-20-17)16-10-6-14(19)7-11-16/h1-12H. The lowest BCUT2D eigenvalue weighted by atomic mass is 10.3. The lowest BCUT2D eigenvalue weighted by Crippen LogP contribution is -2.22. The van der Waals surface area contributed by atoms with Crippen LogP contribution in [-0.4, -0.2) is 4.98 Å². The van der Waals surface area contributed by atoms with Gasteiger partial charge in [0.05, 0.1) is 5.44 Å². The summed E-state index contributed by atoms with van der Waals surface area (Å²) in [5, 5.41) is 1.97. The smallest absolute Gasteiger partial charge is 0.123 e. The molecule has 0 N–H and O–H groups in total. The number of hydrogen-bond donors (Lipinski definition) is 0. The van der Waals surface area contributed by atoms with Crippen molar-refractivity contribution in [3.63, 3.8) is 0 Å². The molecule has 104 valence electrons. The fourth-order valence-corrected chi connectivity index (χ4v) is 4.22. The molecular weight excluding hydrogens is 287 g/mol. The van der Waals surface area contributed by atoms with Crippen molar-refractivity contribution in [3.05, 3.63) is 84.6 Å². The summed E-state index contributed by atoms with van der Waals surface area (Å²) in [7, 11) is -0.915. The molecule has 1 heterocycles. The molecule has 1 nitrogen and oxygen atoms in total. The fourth-order valence-electron chi connectivity index (χ4n) is 2.08. The zero-order valence-corrected chi connectivity index (χ0v) is 12.0. The third kappa shape index (κ3) is 3.14. The van der Waals surface area contributed by atoms with Gasteiger partial charge in [-0.3, -0.25) is 4.98 Å². The molecule has 0 aliphatic heterocycles. The minimum atomic E-state index is -0.915. The van der Waals surface area contributed by atoms with Crippen LogP contribution in [0.1, 0.15) is 0 Å². The van der Waals surface area contributed by atoms with Crippen molar-refractivity contribution in [2.45, 2.75) is 0 Å². The molecule has 0 atom stereocenters. The Balaban J connectivity index is 2.11. The SMILES string of the molecule is Fc1ccc(P(c2ccc(F)cc2)c2ccccn2)cc1. The van der Waals surface area contributed by atoms with E-state index in [9.17, 15) is 8.78 Å². The first kappa shape index (κ1) is 13.8. The number of pyridine rings is 1. The van der Waals surface area contributed by atoms with Crippen LogP contribution in [0.4, 0.5) is 8.78 Å². The summed E-state index contributed by atoms with van der Waals surface area (Å²) in [6, 6.07) is 18.5. The molecule has 4 heteroatoms. The molecule has 3 aromatic rings. The van der Waals surface area contributed by atoms with Gasteiger partial charge in [0.1, 0.15) is 11.6 Å². The van der Waals surface area contributed by atoms with Gasteiger partial charge in [0.15, 0.2) is 0 Å². The third-order valence-corrected chi connectivity index (χ3v) is 5.40. The molecule has 0 unspecified atom stereocenters. The Hall–Kier alpha value is -2.12. The van der Waals surface area contributed by atoms with Crippen LogP contribution in [0.15, 0.2) is 72.9 Å². The predicted molar refractivity (Wildman–Crippen MR) is 82.9 cm³/mol. The molecule has 3 rings (SSSR count). The minimum Gasteiger partial charge on any atom is -0.256 e. The molecule has 2 aromatic carbocycles. The summed E-state index contributed by atoms with van der Waals surface area (Å²) in [6.07, 6.45) is 1.73. The monoisotopic (exact) mass is 299 g/mol. The van der Waals surface area contributed by atoms with Crippen LogP contribution in [0.3, 0.4) is 0 Å². The Bertz CT molecular complexity index is 667. The first-order chi connectivity index (χ1) is 10.2. The summed E-state index contributed by atoms with van der Waals surface area (Å²) in [4.78, 5) is 4.42. The number of nitrogens with zero attached hydrogens (tertiary/aromatic N) is 1. The van der Waals surface area contributed by atoms with E-state index in [-0.39, 0.29) is 11.6 Å². The molecule has 1 aromatic heterocycles. The quantitative estimate of drug-likeness (QED) is 0.677. The highest BCUT2D eigenvalue weighted by Crippen LogP contribution is 2.31. The van der Waals surface area contributed by atoms with Crippen molar-refractivity contribution in [1.82, 2.24) is 4.98 Å². The zero-order chi connectivity index (χ0) is 14.7. The van der Waals surface area contributed by atoms with Crippen LogP contribution in [-0.2, 0) is 0 Å². The lowest BCUT2D eigenvalue weighted by Gasteiger charge is -2.18. The molecule has 0 saturated heterocycles. The van der Waals surface area contributed by atoms with E-state index in [1.54, 1.807) is 30.5 Å². The lowest BCUT2D eigenvalue weighted by molar-refractivity contribution is 0.628. The highest BCUT2D eigenvalue weighted by molar-refractivity contribution is 7.79. The summed E-state index contributed by atoms with van der Waals surface area (Å²) in [6.45, 7) is 0. The molecule has 0 spiro atoms. The Morgan fingerprint density at radius 2 is 1.19 bits per heavy atom. The van der Waals surface area contributed by atoms with Gasteiger partial charge in [0.2, 0.25) is 0 Å². The van der Waals surface area contributed by atoms with Gasteiger partial charge in [-0.15, -0.1) is 0 Å². The van der Waals surface area contributed by atoms with Crippen LogP contribution >= 0.6 is 7.92 Å². The Morgan fingerprint density at radius 3 is 1.62 bits per heavy atom. The Labute approximate surface area is 123 Å². The molecule has 0 amide bonds. The largest absolute Gasteiger partial charge is 0.256 e.